The summed E-state index contributed by atoms with van der Waals surface area (Å²) in [5, 5.41) is 2.88. The quantitative estimate of drug-likeness (QED) is 0.633. The zero-order valence-corrected chi connectivity index (χ0v) is 8.99. The number of hydrogen-bond acceptors (Lipinski definition) is 1. The number of hydrogen-bond donors (Lipinski definition) is 1. The summed E-state index contributed by atoms with van der Waals surface area (Å²) in [4.78, 5) is 0. The van der Waals surface area contributed by atoms with Crippen LogP contribution >= 0.6 is 11.6 Å². The number of benzene rings is 1. The smallest absolute Gasteiger partial charge is 0.383 e. The molecule has 0 unspecified atom stereocenters. The van der Waals surface area contributed by atoms with Crippen molar-refractivity contribution in [3.63, 3.8) is 0 Å². The Hall–Kier alpha value is -1.34. The van der Waals surface area contributed by atoms with Crippen LogP contribution in [-0.2, 0) is 6.18 Å². The topological polar surface area (TPSA) is 12.0 Å². The molecule has 0 atom stereocenters. The highest BCUT2D eigenvalue weighted by atomic mass is 35.5. The number of alkyl halides is 3. The van der Waals surface area contributed by atoms with Crippen LogP contribution in [0.5, 0.6) is 0 Å². The van der Waals surface area contributed by atoms with Crippen LogP contribution < -0.4 is 5.32 Å². The highest BCUT2D eigenvalue weighted by Crippen LogP contribution is 2.33. The van der Waals surface area contributed by atoms with Gasteiger partial charge in [-0.1, -0.05) is 11.6 Å². The normalized spacial score (nSPS) is 10.9. The molecule has 1 aromatic rings. The summed E-state index contributed by atoms with van der Waals surface area (Å²) in [6, 6.07) is 3.16. The monoisotopic (exact) mass is 247 g/mol. The summed E-state index contributed by atoms with van der Waals surface area (Å²) in [5.41, 5.74) is -0.315. The van der Waals surface area contributed by atoms with E-state index in [9.17, 15) is 13.2 Å². The summed E-state index contributed by atoms with van der Waals surface area (Å²) < 4.78 is 36.9. The molecule has 0 heterocycles. The zero-order valence-electron chi connectivity index (χ0n) is 8.24. The summed E-state index contributed by atoms with van der Waals surface area (Å²) in [7, 11) is 0. The van der Waals surface area contributed by atoms with Crippen LogP contribution in [-0.4, -0.2) is 6.54 Å². The van der Waals surface area contributed by atoms with Crippen molar-refractivity contribution in [2.75, 3.05) is 11.9 Å². The number of anilines is 1. The second-order valence-electron chi connectivity index (χ2n) is 3.07. The molecule has 0 aliphatic carbocycles. The Labute approximate surface area is 96.6 Å². The third-order valence-electron chi connectivity index (χ3n) is 1.88. The van der Waals surface area contributed by atoms with Crippen molar-refractivity contribution in [3.05, 3.63) is 28.8 Å². The molecule has 16 heavy (non-hydrogen) atoms. The van der Waals surface area contributed by atoms with Gasteiger partial charge in [-0.15, -0.1) is 12.3 Å². The van der Waals surface area contributed by atoms with Crippen molar-refractivity contribution in [3.8, 4) is 12.3 Å². The molecule has 0 fully saturated rings. The fourth-order valence-corrected chi connectivity index (χ4v) is 1.35. The van der Waals surface area contributed by atoms with E-state index in [4.69, 9.17) is 18.0 Å². The molecule has 0 spiro atoms. The molecule has 1 aromatic carbocycles. The maximum absolute atomic E-state index is 12.3. The predicted octanol–water partition coefficient (Wildman–Crippen LogP) is 3.79. The first-order chi connectivity index (χ1) is 7.45. The van der Waals surface area contributed by atoms with E-state index < -0.39 is 11.7 Å². The van der Waals surface area contributed by atoms with Gasteiger partial charge in [0.2, 0.25) is 0 Å². The molecule has 0 amide bonds. The molecule has 5 heteroatoms. The van der Waals surface area contributed by atoms with E-state index in [0.29, 0.717) is 18.7 Å². The van der Waals surface area contributed by atoms with Crippen molar-refractivity contribution >= 4 is 17.3 Å². The molecular weight excluding hydrogens is 239 g/mol. The predicted molar refractivity (Wildman–Crippen MR) is 58.4 cm³/mol. The van der Waals surface area contributed by atoms with Gasteiger partial charge in [-0.2, -0.15) is 13.2 Å². The number of terminal acetylenes is 1. The van der Waals surface area contributed by atoms with Crippen LogP contribution in [0.25, 0.3) is 0 Å². The van der Waals surface area contributed by atoms with Crippen LogP contribution in [0.1, 0.15) is 12.0 Å². The number of rotatable bonds is 3. The zero-order chi connectivity index (χ0) is 12.2. The van der Waals surface area contributed by atoms with Gasteiger partial charge in [0.15, 0.2) is 0 Å². The van der Waals surface area contributed by atoms with Gasteiger partial charge in [-0.3, -0.25) is 0 Å². The molecule has 86 valence electrons. The average Bonchev–Trinajstić information content (AvgIpc) is 2.19. The van der Waals surface area contributed by atoms with Gasteiger partial charge in [0.25, 0.3) is 0 Å². The summed E-state index contributed by atoms with van der Waals surface area (Å²) in [6.45, 7) is 0.474. The van der Waals surface area contributed by atoms with Crippen LogP contribution in [0.3, 0.4) is 0 Å². The first-order valence-electron chi connectivity index (χ1n) is 4.49. The van der Waals surface area contributed by atoms with E-state index in [1.54, 1.807) is 0 Å². The fraction of sp³-hybridized carbons (Fsp3) is 0.273. The Kier molecular flexibility index (Phi) is 4.08. The van der Waals surface area contributed by atoms with Crippen molar-refractivity contribution in [1.82, 2.24) is 0 Å². The summed E-state index contributed by atoms with van der Waals surface area (Å²) in [6.07, 6.45) is 1.15. The Balaban J connectivity index is 2.80. The number of halogens is 4. The molecule has 0 aliphatic rings. The minimum absolute atomic E-state index is 0.0341. The highest BCUT2D eigenvalue weighted by molar-refractivity contribution is 6.33. The Morgan fingerprint density at radius 1 is 1.38 bits per heavy atom. The van der Waals surface area contributed by atoms with Gasteiger partial charge in [0.05, 0.1) is 16.3 Å². The largest absolute Gasteiger partial charge is 0.416 e. The average molecular weight is 248 g/mol. The van der Waals surface area contributed by atoms with Gasteiger partial charge in [0, 0.05) is 13.0 Å². The van der Waals surface area contributed by atoms with Gasteiger partial charge >= 0.3 is 6.18 Å². The Morgan fingerprint density at radius 2 is 2.06 bits per heavy atom. The third kappa shape index (κ3) is 3.35. The lowest BCUT2D eigenvalue weighted by molar-refractivity contribution is -0.137. The molecular formula is C11H9ClF3N. The SMILES string of the molecule is C#CCCNc1ccc(C(F)(F)F)cc1Cl. The van der Waals surface area contributed by atoms with Gasteiger partial charge in [-0.05, 0) is 18.2 Å². The van der Waals surface area contributed by atoms with Crippen molar-refractivity contribution in [2.24, 2.45) is 0 Å². The molecule has 0 aromatic heterocycles. The van der Waals surface area contributed by atoms with Gasteiger partial charge < -0.3 is 5.32 Å². The van der Waals surface area contributed by atoms with Crippen LogP contribution in [0.15, 0.2) is 18.2 Å². The van der Waals surface area contributed by atoms with Gasteiger partial charge in [-0.25, -0.2) is 0 Å². The van der Waals surface area contributed by atoms with E-state index in [-0.39, 0.29) is 5.02 Å². The molecule has 1 rings (SSSR count). The molecule has 1 N–H and O–H groups in total. The minimum Gasteiger partial charge on any atom is -0.383 e. The molecule has 0 radical (unpaired) electrons. The standard InChI is InChI=1S/C11H9ClF3N/c1-2-3-6-16-10-5-4-8(7-9(10)12)11(13,14)15/h1,4-5,7,16H,3,6H2. The van der Waals surface area contributed by atoms with Crippen molar-refractivity contribution in [1.29, 1.82) is 0 Å². The van der Waals surface area contributed by atoms with Crippen LogP contribution in [0.2, 0.25) is 5.02 Å². The first kappa shape index (κ1) is 12.7. The molecule has 1 nitrogen and oxygen atoms in total. The lowest BCUT2D eigenvalue weighted by Gasteiger charge is -2.10. The second-order valence-corrected chi connectivity index (χ2v) is 3.48. The Bertz CT molecular complexity index is 407. The van der Waals surface area contributed by atoms with Crippen LogP contribution in [0.4, 0.5) is 18.9 Å². The molecule has 0 bridgehead atoms. The molecule has 0 saturated carbocycles. The second kappa shape index (κ2) is 5.13. The Morgan fingerprint density at radius 3 is 2.56 bits per heavy atom. The van der Waals surface area contributed by atoms with E-state index in [2.05, 4.69) is 11.2 Å². The maximum Gasteiger partial charge on any atom is 0.416 e. The van der Waals surface area contributed by atoms with E-state index in [0.717, 1.165) is 12.1 Å². The third-order valence-corrected chi connectivity index (χ3v) is 2.19. The summed E-state index contributed by atoms with van der Waals surface area (Å²) in [5.74, 6) is 2.41. The van der Waals surface area contributed by atoms with Crippen molar-refractivity contribution in [2.45, 2.75) is 12.6 Å². The lowest BCUT2D eigenvalue weighted by atomic mass is 10.2. The first-order valence-corrected chi connectivity index (χ1v) is 4.87. The van der Waals surface area contributed by atoms with E-state index >= 15 is 0 Å². The van der Waals surface area contributed by atoms with E-state index in [1.807, 2.05) is 0 Å². The minimum atomic E-state index is -4.37. The lowest BCUT2D eigenvalue weighted by Crippen LogP contribution is -2.06. The van der Waals surface area contributed by atoms with Crippen LogP contribution in [0, 0.1) is 12.3 Å². The van der Waals surface area contributed by atoms with Crippen molar-refractivity contribution < 1.29 is 13.2 Å². The fourth-order valence-electron chi connectivity index (χ4n) is 1.10. The van der Waals surface area contributed by atoms with E-state index in [1.165, 1.54) is 6.07 Å². The molecule has 0 aliphatic heterocycles. The summed E-state index contributed by atoms with van der Waals surface area (Å²) >= 11 is 5.70. The maximum atomic E-state index is 12.3. The highest BCUT2D eigenvalue weighted by Gasteiger charge is 2.30. The number of nitrogens with one attached hydrogen (secondary N) is 1. The molecule has 0 saturated heterocycles. The van der Waals surface area contributed by atoms with Gasteiger partial charge in [0.1, 0.15) is 0 Å².